The molecule has 0 saturated heterocycles. The van der Waals surface area contributed by atoms with Crippen molar-refractivity contribution in [1.82, 2.24) is 15.2 Å². The molecule has 0 aliphatic rings. The lowest BCUT2D eigenvalue weighted by molar-refractivity contribution is -0.113. The molecule has 0 fully saturated rings. The number of nitrogens with one attached hydrogen (secondary N) is 3. The molecule has 9 nitrogen and oxygen atoms in total. The van der Waals surface area contributed by atoms with E-state index >= 15 is 0 Å². The summed E-state index contributed by atoms with van der Waals surface area (Å²) in [6.07, 6.45) is 1.47. The molecule has 3 aromatic rings. The first kappa shape index (κ1) is 20.2. The van der Waals surface area contributed by atoms with E-state index < -0.39 is 0 Å². The van der Waals surface area contributed by atoms with Gasteiger partial charge >= 0.3 is 0 Å². The summed E-state index contributed by atoms with van der Waals surface area (Å²) in [6, 6.07) is 14.1. The predicted octanol–water partition coefficient (Wildman–Crippen LogP) is 3.09. The number of aromatic hydroxyl groups is 1. The Labute approximate surface area is 171 Å². The zero-order valence-corrected chi connectivity index (χ0v) is 16.4. The van der Waals surface area contributed by atoms with E-state index in [2.05, 4.69) is 31.0 Å². The van der Waals surface area contributed by atoms with E-state index in [1.54, 1.807) is 36.4 Å². The zero-order chi connectivity index (χ0) is 20.5. The maximum atomic E-state index is 12.2. The second-order valence-corrected chi connectivity index (χ2v) is 6.60. The van der Waals surface area contributed by atoms with Crippen LogP contribution in [0.25, 0.3) is 0 Å². The second-order valence-electron chi connectivity index (χ2n) is 5.66. The molecule has 0 atom stereocenters. The largest absolute Gasteiger partial charge is 0.507 e. The summed E-state index contributed by atoms with van der Waals surface area (Å²) in [7, 11) is 0. The highest BCUT2D eigenvalue weighted by atomic mass is 32.2. The van der Waals surface area contributed by atoms with Gasteiger partial charge < -0.3 is 15.2 Å². The number of hydrogen-bond acceptors (Lipinski definition) is 8. The van der Waals surface area contributed by atoms with Gasteiger partial charge in [-0.1, -0.05) is 36.0 Å². The van der Waals surface area contributed by atoms with Crippen molar-refractivity contribution >= 4 is 35.5 Å². The van der Waals surface area contributed by atoms with Crippen molar-refractivity contribution in [2.45, 2.75) is 12.1 Å². The molecule has 150 valence electrons. The molecule has 0 unspecified atom stereocenters. The number of anilines is 2. The molecule has 1 heterocycles. The molecule has 0 aliphatic carbocycles. The Hall–Kier alpha value is -3.53. The minimum atomic E-state index is -0.195. The Morgan fingerprint density at radius 2 is 2.07 bits per heavy atom. The maximum Gasteiger partial charge on any atom is 0.240 e. The van der Waals surface area contributed by atoms with E-state index in [1.165, 1.54) is 18.0 Å². The van der Waals surface area contributed by atoms with Crippen LogP contribution in [0.5, 0.6) is 11.5 Å². The number of rotatable bonds is 9. The van der Waals surface area contributed by atoms with Crippen LogP contribution >= 0.6 is 11.8 Å². The third kappa shape index (κ3) is 5.98. The van der Waals surface area contributed by atoms with Crippen LogP contribution < -0.4 is 15.5 Å². The van der Waals surface area contributed by atoms with Crippen LogP contribution in [0.15, 0.2) is 58.8 Å². The topological polar surface area (TPSA) is 125 Å². The SMILES string of the molecule is CCOc1ccccc1NC(=O)CSc1n[nH]c(N/N=C/c2ccccc2O)n1. The predicted molar refractivity (Wildman–Crippen MR) is 113 cm³/mol. The van der Waals surface area contributed by atoms with Gasteiger partial charge in [0.25, 0.3) is 0 Å². The number of nitrogens with zero attached hydrogens (tertiary/aromatic N) is 3. The fourth-order valence-corrected chi connectivity index (χ4v) is 2.89. The van der Waals surface area contributed by atoms with Crippen molar-refractivity contribution in [3.63, 3.8) is 0 Å². The van der Waals surface area contributed by atoms with E-state index in [0.717, 1.165) is 0 Å². The van der Waals surface area contributed by atoms with Gasteiger partial charge in [0.2, 0.25) is 17.0 Å². The highest BCUT2D eigenvalue weighted by Crippen LogP contribution is 2.24. The van der Waals surface area contributed by atoms with Crippen LogP contribution in [0.3, 0.4) is 0 Å². The normalized spacial score (nSPS) is 10.8. The summed E-state index contributed by atoms with van der Waals surface area (Å²) in [5.41, 5.74) is 3.88. The molecule has 3 rings (SSSR count). The van der Waals surface area contributed by atoms with Crippen molar-refractivity contribution in [1.29, 1.82) is 0 Å². The summed E-state index contributed by atoms with van der Waals surface area (Å²) < 4.78 is 5.49. The molecule has 0 aliphatic heterocycles. The number of phenolic OH excluding ortho intramolecular Hbond substituents is 1. The Kier molecular flexibility index (Phi) is 7.06. The van der Waals surface area contributed by atoms with Crippen LogP contribution in [0.4, 0.5) is 11.6 Å². The van der Waals surface area contributed by atoms with Gasteiger partial charge in [-0.15, -0.1) is 5.10 Å². The minimum Gasteiger partial charge on any atom is -0.507 e. The molecule has 10 heteroatoms. The minimum absolute atomic E-state index is 0.129. The maximum absolute atomic E-state index is 12.2. The Balaban J connectivity index is 1.49. The van der Waals surface area contributed by atoms with Crippen LogP contribution in [0.2, 0.25) is 0 Å². The molecule has 0 spiro atoms. The van der Waals surface area contributed by atoms with Crippen LogP contribution in [0.1, 0.15) is 12.5 Å². The molecule has 4 N–H and O–H groups in total. The molecule has 29 heavy (non-hydrogen) atoms. The number of H-pyrrole nitrogens is 1. The fourth-order valence-electron chi connectivity index (χ4n) is 2.29. The van der Waals surface area contributed by atoms with Gasteiger partial charge in [-0.2, -0.15) is 10.1 Å². The monoisotopic (exact) mass is 412 g/mol. The average molecular weight is 412 g/mol. The quantitative estimate of drug-likeness (QED) is 0.242. The van der Waals surface area contributed by atoms with Gasteiger partial charge in [0.05, 0.1) is 24.3 Å². The van der Waals surface area contributed by atoms with Crippen molar-refractivity contribution < 1.29 is 14.6 Å². The van der Waals surface area contributed by atoms with Crippen molar-refractivity contribution in [3.8, 4) is 11.5 Å². The molecule has 2 aromatic carbocycles. The number of thioether (sulfide) groups is 1. The fraction of sp³-hybridized carbons (Fsp3) is 0.158. The first-order valence-corrected chi connectivity index (χ1v) is 9.78. The van der Waals surface area contributed by atoms with Gasteiger partial charge in [-0.3, -0.25) is 4.79 Å². The third-order valence-electron chi connectivity index (χ3n) is 3.57. The Morgan fingerprint density at radius 3 is 2.90 bits per heavy atom. The second kappa shape index (κ2) is 10.1. The zero-order valence-electron chi connectivity index (χ0n) is 15.6. The summed E-state index contributed by atoms with van der Waals surface area (Å²) in [5, 5.41) is 23.6. The summed E-state index contributed by atoms with van der Waals surface area (Å²) in [4.78, 5) is 16.4. The molecule has 1 aromatic heterocycles. The van der Waals surface area contributed by atoms with E-state index in [0.29, 0.717) is 34.7 Å². The van der Waals surface area contributed by atoms with Gasteiger partial charge in [0.15, 0.2) is 0 Å². The van der Waals surface area contributed by atoms with E-state index in [9.17, 15) is 9.90 Å². The number of hydrogen-bond donors (Lipinski definition) is 4. The van der Waals surface area contributed by atoms with Gasteiger partial charge in [-0.05, 0) is 31.2 Å². The molecule has 0 saturated carbocycles. The van der Waals surface area contributed by atoms with E-state index in [-0.39, 0.29) is 17.4 Å². The Morgan fingerprint density at radius 1 is 1.28 bits per heavy atom. The van der Waals surface area contributed by atoms with Gasteiger partial charge in [0.1, 0.15) is 11.5 Å². The summed E-state index contributed by atoms with van der Waals surface area (Å²) in [6.45, 7) is 2.40. The molecule has 1 amide bonds. The number of ether oxygens (including phenoxy) is 1. The lowest BCUT2D eigenvalue weighted by Crippen LogP contribution is -2.15. The van der Waals surface area contributed by atoms with Crippen LogP contribution in [-0.4, -0.2) is 44.8 Å². The number of para-hydroxylation sites is 3. The number of phenols is 1. The highest BCUT2D eigenvalue weighted by Gasteiger charge is 2.10. The molecular weight excluding hydrogens is 392 g/mol. The molecular formula is C19H20N6O3S. The highest BCUT2D eigenvalue weighted by molar-refractivity contribution is 7.99. The molecule has 0 bridgehead atoms. The van der Waals surface area contributed by atoms with Gasteiger partial charge in [0, 0.05) is 5.56 Å². The first-order valence-electron chi connectivity index (χ1n) is 8.79. The third-order valence-corrected chi connectivity index (χ3v) is 4.42. The number of hydrazone groups is 1. The smallest absolute Gasteiger partial charge is 0.240 e. The number of carbonyl (C=O) groups is 1. The van der Waals surface area contributed by atoms with E-state index in [1.807, 2.05) is 19.1 Å². The van der Waals surface area contributed by atoms with Crippen LogP contribution in [0, 0.1) is 0 Å². The number of aromatic nitrogens is 3. The Bertz CT molecular complexity index is 991. The number of amides is 1. The lowest BCUT2D eigenvalue weighted by Gasteiger charge is -2.10. The van der Waals surface area contributed by atoms with Crippen molar-refractivity contribution in [3.05, 3.63) is 54.1 Å². The number of aromatic amines is 1. The van der Waals surface area contributed by atoms with E-state index in [4.69, 9.17) is 4.74 Å². The van der Waals surface area contributed by atoms with Crippen molar-refractivity contribution in [2.75, 3.05) is 23.1 Å². The lowest BCUT2D eigenvalue weighted by atomic mass is 10.2. The summed E-state index contributed by atoms with van der Waals surface area (Å²) >= 11 is 1.18. The summed E-state index contributed by atoms with van der Waals surface area (Å²) in [5.74, 6) is 1.02. The average Bonchev–Trinajstić information content (AvgIpc) is 3.17. The molecule has 0 radical (unpaired) electrons. The van der Waals surface area contributed by atoms with Crippen molar-refractivity contribution in [2.24, 2.45) is 5.10 Å². The standard InChI is InChI=1S/C19H20N6O3S/c1-2-28-16-10-6-4-8-14(16)21-17(27)12-29-19-22-18(24-25-19)23-20-11-13-7-3-5-9-15(13)26/h3-11,26H,2,12H2,1H3,(H,21,27)(H2,22,23,24,25)/b20-11+. The van der Waals surface area contributed by atoms with Crippen LogP contribution in [-0.2, 0) is 4.79 Å². The number of carbonyl (C=O) groups excluding carboxylic acids is 1. The first-order chi connectivity index (χ1) is 14.2. The van der Waals surface area contributed by atoms with Gasteiger partial charge in [-0.25, -0.2) is 10.5 Å². The number of benzene rings is 2.